The third-order valence-corrected chi connectivity index (χ3v) is 2.69. The van der Waals surface area contributed by atoms with E-state index in [0.717, 1.165) is 12.2 Å². The van der Waals surface area contributed by atoms with Gasteiger partial charge in [0.15, 0.2) is 0 Å². The van der Waals surface area contributed by atoms with Gasteiger partial charge in [0, 0.05) is 23.1 Å². The fourth-order valence-corrected chi connectivity index (χ4v) is 2.03. The van der Waals surface area contributed by atoms with Crippen LogP contribution >= 0.6 is 0 Å². The van der Waals surface area contributed by atoms with E-state index < -0.39 is 0 Å². The largest absolute Gasteiger partial charge is 0.343 e. The number of fused-ring (bicyclic) bond motifs is 1. The minimum absolute atomic E-state index is 0.460. The molecule has 0 bridgehead atoms. The van der Waals surface area contributed by atoms with Crippen molar-refractivity contribution >= 4 is 10.9 Å². The fraction of sp³-hybridized carbons (Fsp3) is 0.333. The number of nitrogens with zero attached hydrogens (tertiary/aromatic N) is 1. The molecule has 15 heavy (non-hydrogen) atoms. The predicted molar refractivity (Wildman–Crippen MR) is 61.3 cm³/mol. The summed E-state index contributed by atoms with van der Waals surface area (Å²) in [4.78, 5) is 4.71. The van der Waals surface area contributed by atoms with E-state index in [1.807, 2.05) is 0 Å². The molecule has 1 aromatic heterocycles. The quantitative estimate of drug-likeness (QED) is 0.780. The maximum absolute atomic E-state index is 5.12. The summed E-state index contributed by atoms with van der Waals surface area (Å²) >= 11 is 0. The van der Waals surface area contributed by atoms with Gasteiger partial charge in [0.1, 0.15) is 6.61 Å². The van der Waals surface area contributed by atoms with Crippen LogP contribution in [0.1, 0.15) is 18.2 Å². The van der Waals surface area contributed by atoms with E-state index in [0.29, 0.717) is 6.61 Å². The van der Waals surface area contributed by atoms with Crippen LogP contribution in [0.25, 0.3) is 10.9 Å². The number of nitrogens with two attached hydrogens (primary N) is 1. The van der Waals surface area contributed by atoms with E-state index >= 15 is 0 Å². The molecular formula is C12H16N2O. The monoisotopic (exact) mass is 204 g/mol. The van der Waals surface area contributed by atoms with Crippen LogP contribution < -0.4 is 5.90 Å². The van der Waals surface area contributed by atoms with Gasteiger partial charge < -0.3 is 4.57 Å². The second kappa shape index (κ2) is 4.04. The summed E-state index contributed by atoms with van der Waals surface area (Å²) < 4.78 is 2.22. The molecule has 0 radical (unpaired) electrons. The molecule has 2 rings (SSSR count). The van der Waals surface area contributed by atoms with Crippen LogP contribution in [0.15, 0.2) is 24.3 Å². The van der Waals surface area contributed by atoms with Crippen LogP contribution in [0.2, 0.25) is 0 Å². The van der Waals surface area contributed by atoms with E-state index in [9.17, 15) is 0 Å². The van der Waals surface area contributed by atoms with Crippen molar-refractivity contribution in [3.63, 3.8) is 0 Å². The Hall–Kier alpha value is -1.32. The molecule has 0 aliphatic heterocycles. The Bertz CT molecular complexity index is 474. The van der Waals surface area contributed by atoms with Crippen molar-refractivity contribution in [2.75, 3.05) is 0 Å². The molecule has 0 unspecified atom stereocenters. The topological polar surface area (TPSA) is 40.2 Å². The highest BCUT2D eigenvalue weighted by Crippen LogP contribution is 2.21. The maximum atomic E-state index is 5.12. The number of hydrogen-bond donors (Lipinski definition) is 1. The van der Waals surface area contributed by atoms with Crippen molar-refractivity contribution in [3.05, 3.63) is 35.5 Å². The molecule has 3 nitrogen and oxygen atoms in total. The average Bonchev–Trinajstić information content (AvgIpc) is 2.54. The van der Waals surface area contributed by atoms with Gasteiger partial charge in [-0.2, -0.15) is 0 Å². The van der Waals surface area contributed by atoms with Crippen molar-refractivity contribution in [1.82, 2.24) is 4.57 Å². The first kappa shape index (κ1) is 10.2. The van der Waals surface area contributed by atoms with Crippen LogP contribution in [0.3, 0.4) is 0 Å². The van der Waals surface area contributed by atoms with Crippen LogP contribution in [0.4, 0.5) is 0 Å². The van der Waals surface area contributed by atoms with E-state index in [4.69, 9.17) is 10.7 Å². The molecule has 0 spiro atoms. The van der Waals surface area contributed by atoms with Gasteiger partial charge in [0.05, 0.1) is 0 Å². The Morgan fingerprint density at radius 2 is 2.13 bits per heavy atom. The van der Waals surface area contributed by atoms with Crippen molar-refractivity contribution in [2.45, 2.75) is 27.0 Å². The lowest BCUT2D eigenvalue weighted by Crippen LogP contribution is -2.05. The molecule has 80 valence electrons. The van der Waals surface area contributed by atoms with Crippen molar-refractivity contribution < 1.29 is 4.84 Å². The number of rotatable bonds is 3. The molecule has 1 aromatic carbocycles. The second-order valence-electron chi connectivity index (χ2n) is 3.75. The standard InChI is InChI=1S/C12H16N2O/c1-3-14-11(8-15-13)7-10-6-9(2)4-5-12(10)14/h4-7H,3,8,13H2,1-2H3. The van der Waals surface area contributed by atoms with E-state index in [1.54, 1.807) is 0 Å². The molecule has 0 aliphatic rings. The number of aromatic nitrogens is 1. The minimum Gasteiger partial charge on any atom is -0.343 e. The minimum atomic E-state index is 0.460. The number of aryl methyl sites for hydroxylation is 2. The lowest BCUT2D eigenvalue weighted by molar-refractivity contribution is 0.119. The fourth-order valence-electron chi connectivity index (χ4n) is 2.03. The molecule has 0 atom stereocenters. The summed E-state index contributed by atoms with van der Waals surface area (Å²) in [5.41, 5.74) is 3.65. The van der Waals surface area contributed by atoms with Gasteiger partial charge >= 0.3 is 0 Å². The highest BCUT2D eigenvalue weighted by atomic mass is 16.6. The summed E-state index contributed by atoms with van der Waals surface area (Å²) in [6.07, 6.45) is 0. The molecule has 0 saturated heterocycles. The van der Waals surface area contributed by atoms with Crippen molar-refractivity contribution in [1.29, 1.82) is 0 Å². The van der Waals surface area contributed by atoms with Crippen LogP contribution in [-0.2, 0) is 18.0 Å². The summed E-state index contributed by atoms with van der Waals surface area (Å²) in [7, 11) is 0. The molecule has 0 fully saturated rings. The van der Waals surface area contributed by atoms with E-state index in [2.05, 4.69) is 42.7 Å². The first-order chi connectivity index (χ1) is 7.26. The highest BCUT2D eigenvalue weighted by Gasteiger charge is 2.06. The zero-order valence-corrected chi connectivity index (χ0v) is 9.16. The average molecular weight is 204 g/mol. The Morgan fingerprint density at radius 3 is 2.80 bits per heavy atom. The van der Waals surface area contributed by atoms with Crippen LogP contribution in [0.5, 0.6) is 0 Å². The molecular weight excluding hydrogens is 188 g/mol. The molecule has 2 aromatic rings. The normalized spacial score (nSPS) is 11.1. The van der Waals surface area contributed by atoms with E-state index in [1.165, 1.54) is 16.5 Å². The molecule has 2 N–H and O–H groups in total. The Morgan fingerprint density at radius 1 is 1.33 bits per heavy atom. The van der Waals surface area contributed by atoms with Gasteiger partial charge in [0.2, 0.25) is 0 Å². The third-order valence-electron chi connectivity index (χ3n) is 2.69. The van der Waals surface area contributed by atoms with E-state index in [-0.39, 0.29) is 0 Å². The van der Waals surface area contributed by atoms with Gasteiger partial charge in [-0.3, -0.25) is 4.84 Å². The predicted octanol–water partition coefficient (Wildman–Crippen LogP) is 2.36. The summed E-state index contributed by atoms with van der Waals surface area (Å²) in [6, 6.07) is 8.59. The zero-order valence-electron chi connectivity index (χ0n) is 9.16. The van der Waals surface area contributed by atoms with Gasteiger partial charge in [-0.25, -0.2) is 5.90 Å². The van der Waals surface area contributed by atoms with Crippen LogP contribution in [-0.4, -0.2) is 4.57 Å². The summed E-state index contributed by atoms with van der Waals surface area (Å²) in [6.45, 7) is 5.62. The SMILES string of the molecule is CCn1c(CON)cc2cc(C)ccc21. The smallest absolute Gasteiger partial charge is 0.108 e. The first-order valence-electron chi connectivity index (χ1n) is 5.16. The lowest BCUT2D eigenvalue weighted by atomic mass is 10.2. The van der Waals surface area contributed by atoms with Gasteiger partial charge in [0.25, 0.3) is 0 Å². The van der Waals surface area contributed by atoms with Gasteiger partial charge in [-0.15, -0.1) is 0 Å². The molecule has 0 aliphatic carbocycles. The van der Waals surface area contributed by atoms with Crippen LogP contribution in [0, 0.1) is 6.92 Å². The van der Waals surface area contributed by atoms with Crippen molar-refractivity contribution in [3.8, 4) is 0 Å². The number of hydrogen-bond acceptors (Lipinski definition) is 2. The highest BCUT2D eigenvalue weighted by molar-refractivity contribution is 5.82. The zero-order chi connectivity index (χ0) is 10.8. The third kappa shape index (κ3) is 1.76. The summed E-state index contributed by atoms with van der Waals surface area (Å²) in [5, 5.41) is 1.25. The maximum Gasteiger partial charge on any atom is 0.108 e. The first-order valence-corrected chi connectivity index (χ1v) is 5.16. The molecule has 1 heterocycles. The molecule has 3 heteroatoms. The second-order valence-corrected chi connectivity index (χ2v) is 3.75. The number of benzene rings is 1. The molecule has 0 amide bonds. The lowest BCUT2D eigenvalue weighted by Gasteiger charge is -2.06. The Kier molecular flexibility index (Phi) is 2.75. The van der Waals surface area contributed by atoms with Gasteiger partial charge in [-0.05, 0) is 32.0 Å². The van der Waals surface area contributed by atoms with Crippen molar-refractivity contribution in [2.24, 2.45) is 5.90 Å². The molecule has 0 saturated carbocycles. The van der Waals surface area contributed by atoms with Gasteiger partial charge in [-0.1, -0.05) is 11.6 Å². The Balaban J connectivity index is 2.62. The Labute approximate surface area is 89.4 Å². The summed E-state index contributed by atoms with van der Waals surface area (Å²) in [5.74, 6) is 5.12.